The molecule has 0 bridgehead atoms. The Labute approximate surface area is 173 Å². The van der Waals surface area contributed by atoms with Crippen molar-refractivity contribution in [3.8, 4) is 16.8 Å². The van der Waals surface area contributed by atoms with Crippen LogP contribution in [-0.2, 0) is 0 Å². The Kier molecular flexibility index (Phi) is 5.03. The summed E-state index contributed by atoms with van der Waals surface area (Å²) in [7, 11) is 0. The van der Waals surface area contributed by atoms with Crippen LogP contribution in [0.2, 0.25) is 10.0 Å². The molecule has 0 saturated carbocycles. The van der Waals surface area contributed by atoms with E-state index in [0.717, 1.165) is 22.4 Å². The van der Waals surface area contributed by atoms with Gasteiger partial charge in [-0.25, -0.2) is 4.68 Å². The van der Waals surface area contributed by atoms with Crippen molar-refractivity contribution in [3.05, 3.63) is 106 Å². The highest BCUT2D eigenvalue weighted by molar-refractivity contribution is 6.31. The van der Waals surface area contributed by atoms with Crippen LogP contribution in [0.25, 0.3) is 16.8 Å². The maximum absolute atomic E-state index is 13.2. The lowest BCUT2D eigenvalue weighted by Crippen LogP contribution is -2.05. The van der Waals surface area contributed by atoms with Crippen molar-refractivity contribution >= 4 is 29.0 Å². The molecule has 0 fully saturated rings. The first kappa shape index (κ1) is 18.5. The van der Waals surface area contributed by atoms with E-state index in [4.69, 9.17) is 23.2 Å². The molecule has 1 aromatic heterocycles. The molecule has 5 heteroatoms. The van der Waals surface area contributed by atoms with Gasteiger partial charge in [-0.15, -0.1) is 0 Å². The SMILES string of the molecule is Cc1ccc(-n2cc(-c3ccc(Cl)cc3)c(C(=O)c3ccc(Cl)cc3)n2)cc1. The van der Waals surface area contributed by atoms with Crippen LogP contribution in [0.1, 0.15) is 21.6 Å². The Bertz CT molecular complexity index is 1130. The first-order valence-corrected chi connectivity index (χ1v) is 9.50. The highest BCUT2D eigenvalue weighted by Gasteiger charge is 2.20. The van der Waals surface area contributed by atoms with Gasteiger partial charge in [0, 0.05) is 27.4 Å². The van der Waals surface area contributed by atoms with Gasteiger partial charge < -0.3 is 0 Å². The van der Waals surface area contributed by atoms with E-state index in [-0.39, 0.29) is 5.78 Å². The standard InChI is InChI=1S/C23H16Cl2N2O/c1-15-2-12-20(13-3-15)27-14-21(16-4-8-18(24)9-5-16)22(26-27)23(28)17-6-10-19(25)11-7-17/h2-14H,1H3. The number of carbonyl (C=O) groups is 1. The van der Waals surface area contributed by atoms with Gasteiger partial charge >= 0.3 is 0 Å². The van der Waals surface area contributed by atoms with Crippen molar-refractivity contribution < 1.29 is 4.79 Å². The molecule has 0 spiro atoms. The molecule has 3 aromatic carbocycles. The maximum Gasteiger partial charge on any atom is 0.213 e. The smallest absolute Gasteiger partial charge is 0.213 e. The normalized spacial score (nSPS) is 10.8. The molecule has 0 amide bonds. The van der Waals surface area contributed by atoms with Gasteiger partial charge in [-0.05, 0) is 61.0 Å². The van der Waals surface area contributed by atoms with Gasteiger partial charge in [0.05, 0.1) is 5.69 Å². The van der Waals surface area contributed by atoms with Crippen LogP contribution >= 0.6 is 23.2 Å². The summed E-state index contributed by atoms with van der Waals surface area (Å²) in [5, 5.41) is 5.83. The Morgan fingerprint density at radius 1 is 0.821 bits per heavy atom. The van der Waals surface area contributed by atoms with Gasteiger partial charge in [0.2, 0.25) is 5.78 Å². The topological polar surface area (TPSA) is 34.9 Å². The third-order valence-electron chi connectivity index (χ3n) is 4.49. The zero-order valence-corrected chi connectivity index (χ0v) is 16.6. The van der Waals surface area contributed by atoms with E-state index in [1.165, 1.54) is 0 Å². The number of halogens is 2. The number of carbonyl (C=O) groups excluding carboxylic acids is 1. The number of aromatic nitrogens is 2. The molecule has 0 aliphatic rings. The molecule has 0 atom stereocenters. The van der Waals surface area contributed by atoms with Crippen LogP contribution in [0, 0.1) is 6.92 Å². The zero-order chi connectivity index (χ0) is 19.7. The summed E-state index contributed by atoms with van der Waals surface area (Å²) < 4.78 is 1.73. The number of hydrogen-bond donors (Lipinski definition) is 0. The molecule has 138 valence electrons. The predicted octanol–water partition coefficient (Wildman–Crippen LogP) is 6.39. The lowest BCUT2D eigenvalue weighted by atomic mass is 10.0. The first-order valence-electron chi connectivity index (χ1n) is 8.74. The Hall–Kier alpha value is -2.88. The van der Waals surface area contributed by atoms with E-state index in [0.29, 0.717) is 21.3 Å². The van der Waals surface area contributed by atoms with Crippen molar-refractivity contribution in [3.63, 3.8) is 0 Å². The lowest BCUT2D eigenvalue weighted by Gasteiger charge is -2.03. The number of aryl methyl sites for hydroxylation is 1. The van der Waals surface area contributed by atoms with Crippen molar-refractivity contribution in [2.75, 3.05) is 0 Å². The average Bonchev–Trinajstić information content (AvgIpc) is 3.14. The average molecular weight is 407 g/mol. The molecule has 4 aromatic rings. The number of nitrogens with zero attached hydrogens (tertiary/aromatic N) is 2. The van der Waals surface area contributed by atoms with E-state index < -0.39 is 0 Å². The van der Waals surface area contributed by atoms with Gasteiger partial charge in [0.25, 0.3) is 0 Å². The fourth-order valence-corrected chi connectivity index (χ4v) is 3.20. The highest BCUT2D eigenvalue weighted by atomic mass is 35.5. The Balaban J connectivity index is 1.85. The molecule has 0 radical (unpaired) electrons. The lowest BCUT2D eigenvalue weighted by molar-refractivity contribution is 0.103. The summed E-state index contributed by atoms with van der Waals surface area (Å²) in [4.78, 5) is 13.2. The summed E-state index contributed by atoms with van der Waals surface area (Å²) >= 11 is 12.0. The van der Waals surface area contributed by atoms with Crippen molar-refractivity contribution in [2.45, 2.75) is 6.92 Å². The summed E-state index contributed by atoms with van der Waals surface area (Å²) in [5.41, 5.74) is 4.58. The number of hydrogen-bond acceptors (Lipinski definition) is 2. The third-order valence-corrected chi connectivity index (χ3v) is 4.99. The maximum atomic E-state index is 13.2. The van der Waals surface area contributed by atoms with Crippen LogP contribution in [0.3, 0.4) is 0 Å². The molecule has 0 aliphatic heterocycles. The van der Waals surface area contributed by atoms with Crippen LogP contribution in [0.15, 0.2) is 79.0 Å². The van der Waals surface area contributed by atoms with Crippen LogP contribution < -0.4 is 0 Å². The number of ketones is 1. The van der Waals surface area contributed by atoms with Crippen LogP contribution in [0.4, 0.5) is 0 Å². The van der Waals surface area contributed by atoms with Gasteiger partial charge in [-0.2, -0.15) is 5.10 Å². The second-order valence-electron chi connectivity index (χ2n) is 6.51. The number of rotatable bonds is 4. The predicted molar refractivity (Wildman–Crippen MR) is 114 cm³/mol. The molecule has 4 rings (SSSR count). The van der Waals surface area contributed by atoms with E-state index in [1.807, 2.05) is 49.5 Å². The minimum atomic E-state index is -0.160. The quantitative estimate of drug-likeness (QED) is 0.368. The Morgan fingerprint density at radius 2 is 1.39 bits per heavy atom. The number of benzene rings is 3. The van der Waals surface area contributed by atoms with Crippen molar-refractivity contribution in [1.82, 2.24) is 9.78 Å². The third kappa shape index (κ3) is 3.72. The minimum absolute atomic E-state index is 0.160. The second kappa shape index (κ2) is 7.63. The summed E-state index contributed by atoms with van der Waals surface area (Å²) in [5.74, 6) is -0.160. The summed E-state index contributed by atoms with van der Waals surface area (Å²) in [6.07, 6.45) is 1.87. The Morgan fingerprint density at radius 3 is 2.00 bits per heavy atom. The molecule has 1 heterocycles. The monoisotopic (exact) mass is 406 g/mol. The molecule has 0 saturated heterocycles. The van der Waals surface area contributed by atoms with Gasteiger partial charge in [0.1, 0.15) is 5.69 Å². The van der Waals surface area contributed by atoms with Crippen LogP contribution in [0.5, 0.6) is 0 Å². The van der Waals surface area contributed by atoms with Gasteiger partial charge in [-0.1, -0.05) is 53.0 Å². The second-order valence-corrected chi connectivity index (χ2v) is 7.39. The molecule has 3 nitrogen and oxygen atoms in total. The molecule has 0 N–H and O–H groups in total. The fraction of sp³-hybridized carbons (Fsp3) is 0.0435. The first-order chi connectivity index (χ1) is 13.5. The molecular weight excluding hydrogens is 391 g/mol. The van der Waals surface area contributed by atoms with Crippen LogP contribution in [-0.4, -0.2) is 15.6 Å². The van der Waals surface area contributed by atoms with E-state index in [1.54, 1.807) is 41.1 Å². The van der Waals surface area contributed by atoms with E-state index in [9.17, 15) is 4.79 Å². The van der Waals surface area contributed by atoms with E-state index >= 15 is 0 Å². The minimum Gasteiger partial charge on any atom is -0.287 e. The largest absolute Gasteiger partial charge is 0.287 e. The molecule has 0 unspecified atom stereocenters. The summed E-state index contributed by atoms with van der Waals surface area (Å²) in [6.45, 7) is 2.03. The highest BCUT2D eigenvalue weighted by Crippen LogP contribution is 2.28. The van der Waals surface area contributed by atoms with Gasteiger partial charge in [0.15, 0.2) is 0 Å². The molecular formula is C23H16Cl2N2O. The van der Waals surface area contributed by atoms with Crippen molar-refractivity contribution in [1.29, 1.82) is 0 Å². The zero-order valence-electron chi connectivity index (χ0n) is 15.1. The summed E-state index contributed by atoms with van der Waals surface area (Å²) in [6, 6.07) is 22.2. The molecule has 28 heavy (non-hydrogen) atoms. The van der Waals surface area contributed by atoms with E-state index in [2.05, 4.69) is 5.10 Å². The fourth-order valence-electron chi connectivity index (χ4n) is 2.95. The van der Waals surface area contributed by atoms with Crippen molar-refractivity contribution in [2.24, 2.45) is 0 Å². The van der Waals surface area contributed by atoms with Gasteiger partial charge in [-0.3, -0.25) is 4.79 Å². The molecule has 0 aliphatic carbocycles.